The van der Waals surface area contributed by atoms with Crippen LogP contribution in [0, 0.1) is 5.41 Å². The van der Waals surface area contributed by atoms with E-state index in [0.717, 1.165) is 6.42 Å². The van der Waals surface area contributed by atoms with Crippen molar-refractivity contribution < 1.29 is 22.6 Å². The molecule has 0 bridgehead atoms. The molecule has 120 valence electrons. The van der Waals surface area contributed by atoms with Crippen LogP contribution in [0.3, 0.4) is 0 Å². The van der Waals surface area contributed by atoms with E-state index < -0.39 is 6.36 Å². The van der Waals surface area contributed by atoms with Crippen LogP contribution in [-0.2, 0) is 11.3 Å². The van der Waals surface area contributed by atoms with Gasteiger partial charge in [-0.1, -0.05) is 32.0 Å². The first-order valence-corrected chi connectivity index (χ1v) is 6.77. The summed E-state index contributed by atoms with van der Waals surface area (Å²) in [6.45, 7) is 5.82. The normalized spacial score (nSPS) is 12.5. The molecule has 0 fully saturated rings. The van der Waals surface area contributed by atoms with Gasteiger partial charge in [0.05, 0.1) is 0 Å². The fraction of sp³-hybridized carbons (Fsp3) is 0.600. The molecule has 6 heteroatoms. The Labute approximate surface area is 123 Å². The summed E-state index contributed by atoms with van der Waals surface area (Å²) in [5.74, 6) is -0.160. The van der Waals surface area contributed by atoms with E-state index in [1.54, 1.807) is 19.2 Å². The van der Waals surface area contributed by atoms with Crippen LogP contribution >= 0.6 is 0 Å². The maximum atomic E-state index is 12.3. The summed E-state index contributed by atoms with van der Waals surface area (Å²) in [5.41, 5.74) is 0.493. The van der Waals surface area contributed by atoms with E-state index in [0.29, 0.717) is 25.3 Å². The molecule has 0 saturated heterocycles. The standard InChI is InChI=1S/C15H22F3NO2/c1-14(2,8-9-20-3)11-19-10-12-6-4-5-7-13(12)21-15(16,17)18/h4-7,19H,8-11H2,1-3H3. The molecule has 0 aliphatic heterocycles. The second-order valence-corrected chi connectivity index (χ2v) is 5.67. The van der Waals surface area contributed by atoms with Gasteiger partial charge in [0.1, 0.15) is 5.75 Å². The third-order valence-corrected chi connectivity index (χ3v) is 3.10. The Morgan fingerprint density at radius 2 is 1.81 bits per heavy atom. The second-order valence-electron chi connectivity index (χ2n) is 5.67. The Balaban J connectivity index is 2.56. The monoisotopic (exact) mass is 305 g/mol. The van der Waals surface area contributed by atoms with Crippen LogP contribution in [0.2, 0.25) is 0 Å². The number of alkyl halides is 3. The van der Waals surface area contributed by atoms with Crippen LogP contribution in [0.4, 0.5) is 13.2 Å². The fourth-order valence-electron chi connectivity index (χ4n) is 1.88. The van der Waals surface area contributed by atoms with Gasteiger partial charge in [-0.05, 0) is 17.9 Å². The molecule has 0 amide bonds. The molecule has 0 aliphatic carbocycles. The average molecular weight is 305 g/mol. The van der Waals surface area contributed by atoms with E-state index in [1.807, 2.05) is 0 Å². The molecule has 1 N–H and O–H groups in total. The molecule has 0 aromatic heterocycles. The summed E-state index contributed by atoms with van der Waals surface area (Å²) in [6, 6.07) is 6.15. The lowest BCUT2D eigenvalue weighted by Gasteiger charge is -2.25. The molecule has 3 nitrogen and oxygen atoms in total. The van der Waals surface area contributed by atoms with Crippen molar-refractivity contribution in [3.8, 4) is 5.75 Å². The summed E-state index contributed by atoms with van der Waals surface area (Å²) in [6.07, 6.45) is -3.80. The first kappa shape index (κ1) is 17.8. The Morgan fingerprint density at radius 1 is 1.14 bits per heavy atom. The maximum Gasteiger partial charge on any atom is 0.573 e. The van der Waals surface area contributed by atoms with Gasteiger partial charge in [-0.2, -0.15) is 0 Å². The van der Waals surface area contributed by atoms with Crippen molar-refractivity contribution in [3.05, 3.63) is 29.8 Å². The highest BCUT2D eigenvalue weighted by Gasteiger charge is 2.31. The second kappa shape index (κ2) is 7.66. The molecule has 21 heavy (non-hydrogen) atoms. The summed E-state index contributed by atoms with van der Waals surface area (Å²) in [4.78, 5) is 0. The highest BCUT2D eigenvalue weighted by molar-refractivity contribution is 5.33. The highest BCUT2D eigenvalue weighted by atomic mass is 19.4. The highest BCUT2D eigenvalue weighted by Crippen LogP contribution is 2.26. The smallest absolute Gasteiger partial charge is 0.405 e. The quantitative estimate of drug-likeness (QED) is 0.793. The molecule has 1 rings (SSSR count). The Bertz CT molecular complexity index is 433. The molecule has 1 aromatic rings. The van der Waals surface area contributed by atoms with Crippen molar-refractivity contribution in [1.82, 2.24) is 5.32 Å². The minimum absolute atomic E-state index is 0.00976. The van der Waals surface area contributed by atoms with Crippen LogP contribution < -0.4 is 10.1 Å². The van der Waals surface area contributed by atoms with E-state index >= 15 is 0 Å². The van der Waals surface area contributed by atoms with E-state index in [2.05, 4.69) is 23.9 Å². The van der Waals surface area contributed by atoms with Crippen molar-refractivity contribution in [2.24, 2.45) is 5.41 Å². The van der Waals surface area contributed by atoms with Crippen LogP contribution in [0.15, 0.2) is 24.3 Å². The summed E-state index contributed by atoms with van der Waals surface area (Å²) < 4.78 is 46.0. The summed E-state index contributed by atoms with van der Waals surface area (Å²) in [7, 11) is 1.65. The van der Waals surface area contributed by atoms with Crippen molar-refractivity contribution in [2.45, 2.75) is 33.2 Å². The zero-order valence-corrected chi connectivity index (χ0v) is 12.6. The van der Waals surface area contributed by atoms with Crippen molar-refractivity contribution in [3.63, 3.8) is 0 Å². The van der Waals surface area contributed by atoms with Gasteiger partial charge in [-0.3, -0.25) is 0 Å². The third-order valence-electron chi connectivity index (χ3n) is 3.10. The van der Waals surface area contributed by atoms with Crippen molar-refractivity contribution in [2.75, 3.05) is 20.3 Å². The SMILES string of the molecule is COCCC(C)(C)CNCc1ccccc1OC(F)(F)F. The molecule has 0 spiro atoms. The molecule has 0 heterocycles. The predicted octanol–water partition coefficient (Wildman–Crippen LogP) is 3.74. The Morgan fingerprint density at radius 3 is 2.43 bits per heavy atom. The molecule has 0 unspecified atom stereocenters. The maximum absolute atomic E-state index is 12.3. The first-order valence-electron chi connectivity index (χ1n) is 6.77. The molecule has 0 aliphatic rings. The largest absolute Gasteiger partial charge is 0.573 e. The lowest BCUT2D eigenvalue weighted by molar-refractivity contribution is -0.274. The van der Waals surface area contributed by atoms with Crippen LogP contribution in [0.5, 0.6) is 5.75 Å². The Hall–Kier alpha value is -1.27. The molecule has 0 saturated carbocycles. The average Bonchev–Trinajstić information content (AvgIpc) is 2.37. The summed E-state index contributed by atoms with van der Waals surface area (Å²) in [5, 5.41) is 3.17. The third kappa shape index (κ3) is 7.34. The van der Waals surface area contributed by atoms with E-state index in [1.165, 1.54) is 12.1 Å². The van der Waals surface area contributed by atoms with Crippen molar-refractivity contribution in [1.29, 1.82) is 0 Å². The van der Waals surface area contributed by atoms with Crippen LogP contribution in [0.25, 0.3) is 0 Å². The number of halogens is 3. The zero-order chi connectivity index (χ0) is 15.9. The van der Waals surface area contributed by atoms with Gasteiger partial charge in [-0.25, -0.2) is 0 Å². The van der Waals surface area contributed by atoms with Gasteiger partial charge >= 0.3 is 6.36 Å². The number of benzene rings is 1. The lowest BCUT2D eigenvalue weighted by Crippen LogP contribution is -2.30. The number of methoxy groups -OCH3 is 1. The van der Waals surface area contributed by atoms with Gasteiger partial charge in [0.25, 0.3) is 0 Å². The molecular weight excluding hydrogens is 283 g/mol. The fourth-order valence-corrected chi connectivity index (χ4v) is 1.88. The van der Waals surface area contributed by atoms with Gasteiger partial charge in [-0.15, -0.1) is 13.2 Å². The molecule has 1 aromatic carbocycles. The summed E-state index contributed by atoms with van der Waals surface area (Å²) >= 11 is 0. The van der Waals surface area contributed by atoms with Gasteiger partial charge in [0.2, 0.25) is 0 Å². The number of nitrogens with one attached hydrogen (secondary N) is 1. The van der Waals surface area contributed by atoms with Crippen LogP contribution in [-0.4, -0.2) is 26.6 Å². The number of hydrogen-bond donors (Lipinski definition) is 1. The van der Waals surface area contributed by atoms with E-state index in [9.17, 15) is 13.2 Å². The van der Waals surface area contributed by atoms with Crippen molar-refractivity contribution >= 4 is 0 Å². The Kier molecular flexibility index (Phi) is 6.48. The van der Waals surface area contributed by atoms with E-state index in [4.69, 9.17) is 4.74 Å². The topological polar surface area (TPSA) is 30.5 Å². The lowest BCUT2D eigenvalue weighted by atomic mass is 9.89. The van der Waals surface area contributed by atoms with E-state index in [-0.39, 0.29) is 11.2 Å². The number of hydrogen-bond acceptors (Lipinski definition) is 3. The van der Waals surface area contributed by atoms with Crippen LogP contribution in [0.1, 0.15) is 25.8 Å². The molecular formula is C15H22F3NO2. The zero-order valence-electron chi connectivity index (χ0n) is 12.6. The number of para-hydroxylation sites is 1. The van der Waals surface area contributed by atoms with Gasteiger partial charge in [0, 0.05) is 32.4 Å². The molecule has 0 atom stereocenters. The number of ether oxygens (including phenoxy) is 2. The van der Waals surface area contributed by atoms with Gasteiger partial charge < -0.3 is 14.8 Å². The van der Waals surface area contributed by atoms with Gasteiger partial charge in [0.15, 0.2) is 0 Å². The number of rotatable bonds is 8. The predicted molar refractivity (Wildman–Crippen MR) is 75.1 cm³/mol. The first-order chi connectivity index (χ1) is 9.73. The molecule has 0 radical (unpaired) electrons. The minimum Gasteiger partial charge on any atom is -0.405 e. The minimum atomic E-state index is -4.67.